The molecule has 16 heavy (non-hydrogen) atoms. The van der Waals surface area contributed by atoms with Crippen molar-refractivity contribution >= 4 is 17.2 Å². The van der Waals surface area contributed by atoms with Gasteiger partial charge < -0.3 is 4.90 Å². The highest BCUT2D eigenvalue weighted by Crippen LogP contribution is 2.24. The van der Waals surface area contributed by atoms with Crippen LogP contribution in [0.15, 0.2) is 5.38 Å². The predicted octanol–water partition coefficient (Wildman–Crippen LogP) is 3.24. The zero-order chi connectivity index (χ0) is 11.7. The normalized spacial score (nSPS) is 17.8. The molecular formula is C13H19NOS. The molecule has 1 fully saturated rings. The highest BCUT2D eigenvalue weighted by Gasteiger charge is 2.23. The molecule has 1 amide bonds. The molecule has 0 radical (unpaired) electrons. The first kappa shape index (κ1) is 11.6. The number of nitrogens with zero attached hydrogens (tertiary/aromatic N) is 1. The SMILES string of the molecule is Cc1scc(C(=O)N2CCC(C)CC2)c1C. The zero-order valence-corrected chi connectivity index (χ0v) is 11.1. The smallest absolute Gasteiger partial charge is 0.254 e. The molecule has 0 unspecified atom stereocenters. The number of rotatable bonds is 1. The van der Waals surface area contributed by atoms with Crippen LogP contribution in [-0.2, 0) is 0 Å². The van der Waals surface area contributed by atoms with Crippen LogP contribution in [0.5, 0.6) is 0 Å². The van der Waals surface area contributed by atoms with Gasteiger partial charge in [-0.1, -0.05) is 6.92 Å². The Hall–Kier alpha value is -0.830. The maximum absolute atomic E-state index is 12.3. The highest BCUT2D eigenvalue weighted by atomic mass is 32.1. The molecule has 1 aromatic rings. The van der Waals surface area contributed by atoms with E-state index in [-0.39, 0.29) is 5.91 Å². The van der Waals surface area contributed by atoms with Crippen LogP contribution < -0.4 is 0 Å². The third kappa shape index (κ3) is 2.14. The van der Waals surface area contributed by atoms with Gasteiger partial charge in [0.05, 0.1) is 5.56 Å². The summed E-state index contributed by atoms with van der Waals surface area (Å²) in [5.41, 5.74) is 2.07. The molecule has 1 saturated heterocycles. The number of carbonyl (C=O) groups excluding carboxylic acids is 1. The minimum atomic E-state index is 0.230. The zero-order valence-electron chi connectivity index (χ0n) is 10.2. The molecule has 0 saturated carbocycles. The summed E-state index contributed by atoms with van der Waals surface area (Å²) < 4.78 is 0. The van der Waals surface area contributed by atoms with Crippen molar-refractivity contribution in [2.45, 2.75) is 33.6 Å². The predicted molar refractivity (Wildman–Crippen MR) is 68.1 cm³/mol. The van der Waals surface area contributed by atoms with E-state index in [0.29, 0.717) is 0 Å². The van der Waals surface area contributed by atoms with E-state index in [1.54, 1.807) is 11.3 Å². The van der Waals surface area contributed by atoms with Gasteiger partial charge in [0.25, 0.3) is 5.91 Å². The van der Waals surface area contributed by atoms with Gasteiger partial charge in [0.2, 0.25) is 0 Å². The lowest BCUT2D eigenvalue weighted by atomic mass is 9.98. The fraction of sp³-hybridized carbons (Fsp3) is 0.615. The third-order valence-corrected chi connectivity index (χ3v) is 4.60. The van der Waals surface area contributed by atoms with Crippen molar-refractivity contribution in [2.75, 3.05) is 13.1 Å². The molecule has 0 atom stereocenters. The fourth-order valence-corrected chi connectivity index (χ4v) is 2.97. The van der Waals surface area contributed by atoms with E-state index < -0.39 is 0 Å². The molecule has 1 aliphatic heterocycles. The average Bonchev–Trinajstić information content (AvgIpc) is 2.60. The summed E-state index contributed by atoms with van der Waals surface area (Å²) in [5, 5.41) is 2.00. The molecule has 1 aliphatic rings. The van der Waals surface area contributed by atoms with E-state index in [2.05, 4.69) is 13.8 Å². The van der Waals surface area contributed by atoms with Crippen LogP contribution >= 0.6 is 11.3 Å². The topological polar surface area (TPSA) is 20.3 Å². The Balaban J connectivity index is 2.11. The number of carbonyl (C=O) groups is 1. The molecule has 2 rings (SSSR count). The van der Waals surface area contributed by atoms with Gasteiger partial charge in [0.15, 0.2) is 0 Å². The van der Waals surface area contributed by atoms with Gasteiger partial charge in [0, 0.05) is 23.3 Å². The quantitative estimate of drug-likeness (QED) is 0.734. The lowest BCUT2D eigenvalue weighted by Crippen LogP contribution is -2.38. The highest BCUT2D eigenvalue weighted by molar-refractivity contribution is 7.10. The summed E-state index contributed by atoms with van der Waals surface area (Å²) >= 11 is 1.68. The van der Waals surface area contributed by atoms with E-state index >= 15 is 0 Å². The second-order valence-electron chi connectivity index (χ2n) is 4.81. The van der Waals surface area contributed by atoms with Crippen molar-refractivity contribution in [2.24, 2.45) is 5.92 Å². The standard InChI is InChI=1S/C13H19NOS/c1-9-4-6-14(7-5-9)13(15)12-8-16-11(3)10(12)2/h8-9H,4-7H2,1-3H3. The van der Waals surface area contributed by atoms with Gasteiger partial charge >= 0.3 is 0 Å². The van der Waals surface area contributed by atoms with E-state index in [9.17, 15) is 4.79 Å². The monoisotopic (exact) mass is 237 g/mol. The van der Waals surface area contributed by atoms with Crippen molar-refractivity contribution in [3.8, 4) is 0 Å². The van der Waals surface area contributed by atoms with Crippen LogP contribution in [0.25, 0.3) is 0 Å². The first-order valence-corrected chi connectivity index (χ1v) is 6.81. The first-order chi connectivity index (χ1) is 7.59. The number of aryl methyl sites for hydroxylation is 1. The molecule has 0 aliphatic carbocycles. The Kier molecular flexibility index (Phi) is 3.33. The van der Waals surface area contributed by atoms with Crippen molar-refractivity contribution in [1.29, 1.82) is 0 Å². The number of piperidine rings is 1. The lowest BCUT2D eigenvalue weighted by Gasteiger charge is -2.30. The van der Waals surface area contributed by atoms with Crippen LogP contribution in [0.4, 0.5) is 0 Å². The minimum absolute atomic E-state index is 0.230. The van der Waals surface area contributed by atoms with Crippen LogP contribution in [-0.4, -0.2) is 23.9 Å². The largest absolute Gasteiger partial charge is 0.339 e. The van der Waals surface area contributed by atoms with Crippen molar-refractivity contribution < 1.29 is 4.79 Å². The van der Waals surface area contributed by atoms with Gasteiger partial charge in [-0.25, -0.2) is 0 Å². The molecular weight excluding hydrogens is 218 g/mol. The van der Waals surface area contributed by atoms with Gasteiger partial charge in [-0.15, -0.1) is 11.3 Å². The van der Waals surface area contributed by atoms with Crippen LogP contribution in [0.3, 0.4) is 0 Å². The average molecular weight is 237 g/mol. The van der Waals surface area contributed by atoms with Gasteiger partial charge in [0.1, 0.15) is 0 Å². The molecule has 0 spiro atoms. The molecule has 1 aromatic heterocycles. The van der Waals surface area contributed by atoms with E-state index in [1.165, 1.54) is 4.88 Å². The summed E-state index contributed by atoms with van der Waals surface area (Å²) in [7, 11) is 0. The summed E-state index contributed by atoms with van der Waals surface area (Å²) in [4.78, 5) is 15.5. The summed E-state index contributed by atoms with van der Waals surface area (Å²) in [6.07, 6.45) is 2.29. The van der Waals surface area contributed by atoms with Gasteiger partial charge in [-0.3, -0.25) is 4.79 Å². The Morgan fingerprint density at radius 2 is 2.00 bits per heavy atom. The number of amides is 1. The molecule has 0 aromatic carbocycles. The third-order valence-electron chi connectivity index (χ3n) is 3.59. The summed E-state index contributed by atoms with van der Waals surface area (Å²) in [6, 6.07) is 0. The number of hydrogen-bond donors (Lipinski definition) is 0. The Labute approximate surface area is 101 Å². The molecule has 88 valence electrons. The van der Waals surface area contributed by atoms with E-state index in [4.69, 9.17) is 0 Å². The number of likely N-dealkylation sites (tertiary alicyclic amines) is 1. The van der Waals surface area contributed by atoms with Crippen LogP contribution in [0, 0.1) is 19.8 Å². The van der Waals surface area contributed by atoms with Crippen molar-refractivity contribution in [3.05, 3.63) is 21.4 Å². The Morgan fingerprint density at radius 3 is 2.50 bits per heavy atom. The summed E-state index contributed by atoms with van der Waals surface area (Å²) in [5.74, 6) is 1.00. The van der Waals surface area contributed by atoms with Crippen molar-refractivity contribution in [3.63, 3.8) is 0 Å². The molecule has 2 heterocycles. The van der Waals surface area contributed by atoms with Crippen molar-refractivity contribution in [1.82, 2.24) is 4.90 Å². The first-order valence-electron chi connectivity index (χ1n) is 5.93. The van der Waals surface area contributed by atoms with E-state index in [0.717, 1.165) is 43.0 Å². The Bertz CT molecular complexity index is 389. The number of hydrogen-bond acceptors (Lipinski definition) is 2. The fourth-order valence-electron chi connectivity index (χ4n) is 2.11. The molecule has 3 heteroatoms. The van der Waals surface area contributed by atoms with Crippen LogP contribution in [0.2, 0.25) is 0 Å². The summed E-state index contributed by atoms with van der Waals surface area (Å²) in [6.45, 7) is 8.24. The van der Waals surface area contributed by atoms with Gasteiger partial charge in [-0.2, -0.15) is 0 Å². The second-order valence-corrected chi connectivity index (χ2v) is 5.89. The minimum Gasteiger partial charge on any atom is -0.339 e. The maximum atomic E-state index is 12.3. The second kappa shape index (κ2) is 4.58. The van der Waals surface area contributed by atoms with Gasteiger partial charge in [-0.05, 0) is 38.2 Å². The van der Waals surface area contributed by atoms with Crippen LogP contribution in [0.1, 0.15) is 40.6 Å². The number of thiophene rings is 1. The van der Waals surface area contributed by atoms with E-state index in [1.807, 2.05) is 17.2 Å². The maximum Gasteiger partial charge on any atom is 0.254 e. The Morgan fingerprint density at radius 1 is 1.38 bits per heavy atom. The molecule has 0 N–H and O–H groups in total. The lowest BCUT2D eigenvalue weighted by molar-refractivity contribution is 0.0697. The molecule has 0 bridgehead atoms. The molecule has 2 nitrogen and oxygen atoms in total.